The standard InChI is InChI=1S/C20H23N3O3S/c1-11(2)23-9-8-14-15(10-23)27-19-16(14)18(24)21-17(22-19)12-4-6-13(7-5-12)20(25)26-3/h4-7,11,17,22H,8-10H2,1-3H3,(H,21,24)/p+1/t17-/m0/s1. The number of esters is 1. The molecule has 0 radical (unpaired) electrons. The number of hydrogen-bond acceptors (Lipinski definition) is 5. The van der Waals surface area contributed by atoms with Crippen LogP contribution in [-0.4, -0.2) is 31.6 Å². The molecule has 0 aliphatic carbocycles. The van der Waals surface area contributed by atoms with Gasteiger partial charge < -0.3 is 20.3 Å². The summed E-state index contributed by atoms with van der Waals surface area (Å²) in [7, 11) is 1.36. The van der Waals surface area contributed by atoms with Crippen LogP contribution >= 0.6 is 11.3 Å². The number of ether oxygens (including phenoxy) is 1. The van der Waals surface area contributed by atoms with Gasteiger partial charge in [0.05, 0.1) is 35.7 Å². The van der Waals surface area contributed by atoms with Gasteiger partial charge >= 0.3 is 5.97 Å². The largest absolute Gasteiger partial charge is 0.465 e. The molecule has 3 N–H and O–H groups in total. The molecule has 0 spiro atoms. The second kappa shape index (κ2) is 6.98. The van der Waals surface area contributed by atoms with Crippen molar-refractivity contribution in [2.75, 3.05) is 19.0 Å². The van der Waals surface area contributed by atoms with Crippen LogP contribution in [0.1, 0.15) is 56.7 Å². The molecule has 27 heavy (non-hydrogen) atoms. The quantitative estimate of drug-likeness (QED) is 0.703. The number of benzene rings is 1. The second-order valence-corrected chi connectivity index (χ2v) is 8.47. The molecule has 0 saturated heterocycles. The van der Waals surface area contributed by atoms with E-state index in [0.717, 1.165) is 35.6 Å². The molecule has 1 aromatic carbocycles. The van der Waals surface area contributed by atoms with Crippen LogP contribution in [0.3, 0.4) is 0 Å². The molecule has 4 rings (SSSR count). The van der Waals surface area contributed by atoms with Gasteiger partial charge in [-0.1, -0.05) is 12.1 Å². The minimum absolute atomic E-state index is 0.0173. The van der Waals surface area contributed by atoms with Gasteiger partial charge in [-0.05, 0) is 37.1 Å². The number of fused-ring (bicyclic) bond motifs is 3. The maximum absolute atomic E-state index is 12.8. The summed E-state index contributed by atoms with van der Waals surface area (Å²) in [4.78, 5) is 27.3. The summed E-state index contributed by atoms with van der Waals surface area (Å²) in [5.41, 5.74) is 3.43. The molecular formula is C20H24N3O3S+. The molecule has 0 saturated carbocycles. The molecule has 1 amide bonds. The summed E-state index contributed by atoms with van der Waals surface area (Å²) in [6, 6.07) is 7.70. The van der Waals surface area contributed by atoms with Crippen molar-refractivity contribution in [2.24, 2.45) is 0 Å². The number of anilines is 1. The fourth-order valence-electron chi connectivity index (χ4n) is 3.80. The van der Waals surface area contributed by atoms with Crippen molar-refractivity contribution in [1.82, 2.24) is 5.32 Å². The van der Waals surface area contributed by atoms with Gasteiger partial charge in [0.15, 0.2) is 0 Å². The second-order valence-electron chi connectivity index (χ2n) is 7.36. The number of rotatable bonds is 3. The molecule has 2 aliphatic heterocycles. The third kappa shape index (κ3) is 3.21. The maximum atomic E-state index is 12.8. The zero-order chi connectivity index (χ0) is 19.1. The zero-order valence-corrected chi connectivity index (χ0v) is 16.5. The summed E-state index contributed by atoms with van der Waals surface area (Å²) in [5, 5.41) is 7.48. The van der Waals surface area contributed by atoms with E-state index in [0.29, 0.717) is 11.6 Å². The van der Waals surface area contributed by atoms with Crippen LogP contribution in [-0.2, 0) is 17.7 Å². The number of nitrogens with one attached hydrogen (secondary N) is 3. The van der Waals surface area contributed by atoms with Crippen molar-refractivity contribution in [1.29, 1.82) is 0 Å². The topological polar surface area (TPSA) is 71.9 Å². The number of carbonyl (C=O) groups is 2. The van der Waals surface area contributed by atoms with Crippen LogP contribution in [0.15, 0.2) is 24.3 Å². The number of hydrogen-bond donors (Lipinski definition) is 3. The molecule has 2 aromatic rings. The molecule has 2 atom stereocenters. The van der Waals surface area contributed by atoms with Crippen molar-refractivity contribution in [3.8, 4) is 0 Å². The van der Waals surface area contributed by atoms with Crippen LogP contribution in [0, 0.1) is 0 Å². The SMILES string of the molecule is COC(=O)c1ccc([C@H]2NC(=O)c3c(sc4c3CC[NH+](C(C)C)C4)N2)cc1. The van der Waals surface area contributed by atoms with E-state index in [1.165, 1.54) is 17.6 Å². The van der Waals surface area contributed by atoms with Gasteiger partial charge in [0.25, 0.3) is 5.91 Å². The zero-order valence-electron chi connectivity index (χ0n) is 15.7. The Bertz CT molecular complexity index is 889. The van der Waals surface area contributed by atoms with Crippen LogP contribution < -0.4 is 15.5 Å². The third-order valence-electron chi connectivity index (χ3n) is 5.43. The van der Waals surface area contributed by atoms with Crippen molar-refractivity contribution < 1.29 is 19.2 Å². The summed E-state index contributed by atoms with van der Waals surface area (Å²) < 4.78 is 4.73. The van der Waals surface area contributed by atoms with Crippen molar-refractivity contribution in [2.45, 2.75) is 39.0 Å². The van der Waals surface area contributed by atoms with Crippen molar-refractivity contribution in [3.63, 3.8) is 0 Å². The van der Waals surface area contributed by atoms with E-state index in [9.17, 15) is 9.59 Å². The smallest absolute Gasteiger partial charge is 0.337 e. The highest BCUT2D eigenvalue weighted by molar-refractivity contribution is 7.16. The molecule has 3 heterocycles. The first-order valence-corrected chi connectivity index (χ1v) is 10.0. The highest BCUT2D eigenvalue weighted by atomic mass is 32.1. The maximum Gasteiger partial charge on any atom is 0.337 e. The molecule has 6 nitrogen and oxygen atoms in total. The minimum atomic E-state index is -0.368. The highest BCUT2D eigenvalue weighted by Crippen LogP contribution is 2.39. The summed E-state index contributed by atoms with van der Waals surface area (Å²) in [5.74, 6) is -0.385. The first-order valence-electron chi connectivity index (χ1n) is 9.22. The lowest BCUT2D eigenvalue weighted by Crippen LogP contribution is -3.14. The van der Waals surface area contributed by atoms with E-state index in [1.807, 2.05) is 12.1 Å². The van der Waals surface area contributed by atoms with Crippen LogP contribution in [0.2, 0.25) is 0 Å². The molecule has 0 fully saturated rings. The Morgan fingerprint density at radius 2 is 2.00 bits per heavy atom. The lowest BCUT2D eigenvalue weighted by atomic mass is 9.99. The predicted molar refractivity (Wildman–Crippen MR) is 104 cm³/mol. The van der Waals surface area contributed by atoms with Gasteiger partial charge in [0.2, 0.25) is 0 Å². The number of amides is 1. The van der Waals surface area contributed by atoms with Gasteiger partial charge in [0.1, 0.15) is 17.7 Å². The van der Waals surface area contributed by atoms with Gasteiger partial charge in [-0.3, -0.25) is 4.79 Å². The molecular weight excluding hydrogens is 362 g/mol. The Kier molecular flexibility index (Phi) is 4.65. The van der Waals surface area contributed by atoms with E-state index in [1.54, 1.807) is 28.4 Å². The normalized spacial score (nSPS) is 21.1. The fourth-order valence-corrected chi connectivity index (χ4v) is 5.13. The lowest BCUT2D eigenvalue weighted by molar-refractivity contribution is -0.936. The number of carbonyl (C=O) groups excluding carboxylic acids is 2. The Morgan fingerprint density at radius 1 is 1.26 bits per heavy atom. The van der Waals surface area contributed by atoms with E-state index in [2.05, 4.69) is 24.5 Å². The van der Waals surface area contributed by atoms with Crippen molar-refractivity contribution >= 4 is 28.2 Å². The summed E-state index contributed by atoms with van der Waals surface area (Å²) >= 11 is 1.71. The summed E-state index contributed by atoms with van der Waals surface area (Å²) in [6.07, 6.45) is 0.646. The van der Waals surface area contributed by atoms with Gasteiger partial charge in [-0.25, -0.2) is 4.79 Å². The minimum Gasteiger partial charge on any atom is -0.465 e. The third-order valence-corrected chi connectivity index (χ3v) is 6.60. The molecule has 0 bridgehead atoms. The Morgan fingerprint density at radius 3 is 2.67 bits per heavy atom. The summed E-state index contributed by atoms with van der Waals surface area (Å²) in [6.45, 7) is 6.54. The Balaban J connectivity index is 1.59. The van der Waals surface area contributed by atoms with Gasteiger partial charge in [-0.15, -0.1) is 11.3 Å². The molecule has 7 heteroatoms. The monoisotopic (exact) mass is 386 g/mol. The lowest BCUT2D eigenvalue weighted by Gasteiger charge is -2.28. The van der Waals surface area contributed by atoms with Crippen molar-refractivity contribution in [3.05, 3.63) is 51.4 Å². The Hall–Kier alpha value is -2.38. The number of methoxy groups -OCH3 is 1. The predicted octanol–water partition coefficient (Wildman–Crippen LogP) is 1.74. The highest BCUT2D eigenvalue weighted by Gasteiger charge is 2.35. The van der Waals surface area contributed by atoms with Crippen LogP contribution in [0.4, 0.5) is 5.00 Å². The number of thiophene rings is 1. The first kappa shape index (κ1) is 18.0. The molecule has 1 unspecified atom stereocenters. The molecule has 1 aromatic heterocycles. The average Bonchev–Trinajstić information content (AvgIpc) is 3.05. The van der Waals surface area contributed by atoms with E-state index < -0.39 is 0 Å². The van der Waals surface area contributed by atoms with Gasteiger partial charge in [-0.2, -0.15) is 0 Å². The molecule has 2 aliphatic rings. The van der Waals surface area contributed by atoms with Crippen LogP contribution in [0.5, 0.6) is 0 Å². The van der Waals surface area contributed by atoms with E-state index in [4.69, 9.17) is 4.74 Å². The molecule has 142 valence electrons. The van der Waals surface area contributed by atoms with Gasteiger partial charge in [0, 0.05) is 6.42 Å². The van der Waals surface area contributed by atoms with E-state index in [-0.39, 0.29) is 18.0 Å². The van der Waals surface area contributed by atoms with Crippen LogP contribution in [0.25, 0.3) is 0 Å². The Labute approximate surface area is 162 Å². The first-order chi connectivity index (χ1) is 13.0. The number of quaternary nitrogens is 1. The fraction of sp³-hybridized carbons (Fsp3) is 0.400. The van der Waals surface area contributed by atoms with E-state index >= 15 is 0 Å². The average molecular weight is 386 g/mol.